The van der Waals surface area contributed by atoms with E-state index in [2.05, 4.69) is 14.2 Å². The quantitative estimate of drug-likeness (QED) is 0.493. The maximum absolute atomic E-state index is 5.32. The third-order valence-corrected chi connectivity index (χ3v) is 2.48. The highest BCUT2D eigenvalue weighted by Crippen LogP contribution is 2.04. The van der Waals surface area contributed by atoms with Gasteiger partial charge in [-0.2, -0.15) is 0 Å². The molecule has 0 amide bonds. The van der Waals surface area contributed by atoms with Gasteiger partial charge in [0.05, 0.1) is 4.88 Å². The van der Waals surface area contributed by atoms with E-state index in [0.29, 0.717) is 4.99 Å². The number of hydrogen-bond donors (Lipinski definition) is 1. The molecule has 0 saturated heterocycles. The lowest BCUT2D eigenvalue weighted by Crippen LogP contribution is -2.06. The van der Waals surface area contributed by atoms with Gasteiger partial charge in [-0.25, -0.2) is 4.98 Å². The summed E-state index contributed by atoms with van der Waals surface area (Å²) >= 11 is 6.20. The summed E-state index contributed by atoms with van der Waals surface area (Å²) < 4.78 is 0.915. The number of thiazole rings is 1. The van der Waals surface area contributed by atoms with Crippen LogP contribution < -0.4 is 10.5 Å². The van der Waals surface area contributed by atoms with E-state index in [1.165, 1.54) is 11.3 Å². The van der Waals surface area contributed by atoms with Crippen LogP contribution in [0.5, 0.6) is 0 Å². The molecule has 1 atom stereocenters. The van der Waals surface area contributed by atoms with Gasteiger partial charge in [-0.1, -0.05) is 21.5 Å². The van der Waals surface area contributed by atoms with Gasteiger partial charge in [0.25, 0.3) is 0 Å². The third kappa shape index (κ3) is 1.68. The van der Waals surface area contributed by atoms with Crippen LogP contribution in [0, 0.1) is 0 Å². The Morgan fingerprint density at radius 1 is 1.89 bits per heavy atom. The number of rotatable bonds is 1. The van der Waals surface area contributed by atoms with E-state index < -0.39 is 0 Å². The first-order chi connectivity index (χ1) is 4.20. The molecular formula is C4H5N2PS2. The van der Waals surface area contributed by atoms with Crippen molar-refractivity contribution in [3.63, 3.8) is 0 Å². The Kier molecular flexibility index (Phi) is 2.11. The van der Waals surface area contributed by atoms with E-state index in [1.54, 1.807) is 6.20 Å². The molecule has 0 aliphatic carbocycles. The van der Waals surface area contributed by atoms with E-state index in [1.807, 2.05) is 0 Å². The van der Waals surface area contributed by atoms with Crippen LogP contribution in [-0.4, -0.2) is 9.97 Å². The second-order valence-corrected chi connectivity index (χ2v) is 3.89. The maximum Gasteiger partial charge on any atom is 0.115 e. The monoisotopic (exact) mass is 176 g/mol. The SMILES string of the molecule is NC(=S)c1cnc(P)s1. The van der Waals surface area contributed by atoms with Crippen molar-refractivity contribution in [3.8, 4) is 0 Å². The summed E-state index contributed by atoms with van der Waals surface area (Å²) in [7, 11) is 2.49. The summed E-state index contributed by atoms with van der Waals surface area (Å²) in [4.78, 5) is 5.24. The highest BCUT2D eigenvalue weighted by Gasteiger charge is 1.98. The predicted molar refractivity (Wildman–Crippen MR) is 47.3 cm³/mol. The van der Waals surface area contributed by atoms with Gasteiger partial charge in [0.1, 0.15) is 9.74 Å². The minimum Gasteiger partial charge on any atom is -0.389 e. The molecule has 0 aliphatic heterocycles. The van der Waals surface area contributed by atoms with Crippen LogP contribution in [0.1, 0.15) is 4.88 Å². The van der Waals surface area contributed by atoms with Gasteiger partial charge in [-0.3, -0.25) is 0 Å². The van der Waals surface area contributed by atoms with Crippen LogP contribution >= 0.6 is 32.8 Å². The smallest absolute Gasteiger partial charge is 0.115 e. The van der Waals surface area contributed by atoms with Gasteiger partial charge >= 0.3 is 0 Å². The Morgan fingerprint density at radius 2 is 2.56 bits per heavy atom. The Bertz CT molecular complexity index is 232. The number of aromatic nitrogens is 1. The molecule has 0 fully saturated rings. The molecule has 0 spiro atoms. The summed E-state index contributed by atoms with van der Waals surface area (Å²) in [6, 6.07) is 0. The van der Waals surface area contributed by atoms with Gasteiger partial charge in [0, 0.05) is 6.20 Å². The molecule has 2 N–H and O–H groups in total. The minimum absolute atomic E-state index is 0.418. The Hall–Kier alpha value is -0.0500. The van der Waals surface area contributed by atoms with Crippen molar-refractivity contribution < 1.29 is 0 Å². The highest BCUT2D eigenvalue weighted by molar-refractivity contribution is 7.81. The van der Waals surface area contributed by atoms with Crippen LogP contribution in [0.25, 0.3) is 0 Å². The van der Waals surface area contributed by atoms with Gasteiger partial charge in [0.15, 0.2) is 0 Å². The fourth-order valence-corrected chi connectivity index (χ4v) is 1.57. The van der Waals surface area contributed by atoms with Crippen LogP contribution in [0.3, 0.4) is 0 Å². The van der Waals surface area contributed by atoms with Crippen molar-refractivity contribution >= 4 is 42.5 Å². The molecule has 9 heavy (non-hydrogen) atoms. The highest BCUT2D eigenvalue weighted by atomic mass is 32.1. The summed E-state index contributed by atoms with van der Waals surface area (Å²) in [5.74, 6) is 0. The van der Waals surface area contributed by atoms with E-state index in [-0.39, 0.29) is 0 Å². The molecule has 0 aromatic carbocycles. The Morgan fingerprint density at radius 3 is 2.78 bits per heavy atom. The predicted octanol–water partition coefficient (Wildman–Crippen LogP) is 0.278. The van der Waals surface area contributed by atoms with Crippen LogP contribution in [-0.2, 0) is 0 Å². The fourth-order valence-electron chi connectivity index (χ4n) is 0.402. The maximum atomic E-state index is 5.32. The zero-order chi connectivity index (χ0) is 6.85. The zero-order valence-corrected chi connectivity index (χ0v) is 7.28. The van der Waals surface area contributed by atoms with Crippen LogP contribution in [0.2, 0.25) is 0 Å². The number of nitrogens with zero attached hydrogens (tertiary/aromatic N) is 1. The van der Waals surface area contributed by atoms with Gasteiger partial charge in [-0.05, 0) is 0 Å². The van der Waals surface area contributed by atoms with Crippen LogP contribution in [0.15, 0.2) is 6.20 Å². The molecular weight excluding hydrogens is 171 g/mol. The molecule has 0 radical (unpaired) electrons. The number of hydrogen-bond acceptors (Lipinski definition) is 3. The zero-order valence-electron chi connectivity index (χ0n) is 4.50. The molecule has 5 heteroatoms. The van der Waals surface area contributed by atoms with E-state index in [4.69, 9.17) is 18.0 Å². The minimum atomic E-state index is 0.418. The standard InChI is InChI=1S/C4H5N2PS2/c5-3(8)2-1-6-4(7)9-2/h1H,7H2,(H2,5,8). The lowest BCUT2D eigenvalue weighted by molar-refractivity contribution is 1.47. The van der Waals surface area contributed by atoms with Crippen molar-refractivity contribution in [2.24, 2.45) is 5.73 Å². The molecule has 1 rings (SSSR count). The van der Waals surface area contributed by atoms with Crippen molar-refractivity contribution in [1.29, 1.82) is 0 Å². The molecule has 1 unspecified atom stereocenters. The lowest BCUT2D eigenvalue weighted by atomic mass is 10.6. The summed E-state index contributed by atoms with van der Waals surface area (Å²) in [5, 5.41) is 0. The van der Waals surface area contributed by atoms with Gasteiger partial charge < -0.3 is 5.73 Å². The van der Waals surface area contributed by atoms with Crippen molar-refractivity contribution in [2.75, 3.05) is 0 Å². The van der Waals surface area contributed by atoms with Gasteiger partial charge in [-0.15, -0.1) is 11.3 Å². The average Bonchev–Trinajstić information content (AvgIpc) is 2.14. The van der Waals surface area contributed by atoms with E-state index in [9.17, 15) is 0 Å². The first kappa shape index (κ1) is 7.06. The van der Waals surface area contributed by atoms with Crippen molar-refractivity contribution in [1.82, 2.24) is 4.98 Å². The molecule has 0 saturated carbocycles. The summed E-state index contributed by atoms with van der Waals surface area (Å²) in [6.45, 7) is 0. The largest absolute Gasteiger partial charge is 0.389 e. The summed E-state index contributed by atoms with van der Waals surface area (Å²) in [6.07, 6.45) is 1.68. The average molecular weight is 176 g/mol. The first-order valence-corrected chi connectivity index (χ1v) is 4.01. The number of thiocarbonyl (C=S) groups is 1. The van der Waals surface area contributed by atoms with E-state index in [0.717, 1.165) is 9.63 Å². The molecule has 0 bridgehead atoms. The van der Waals surface area contributed by atoms with Gasteiger partial charge in [0.2, 0.25) is 0 Å². The van der Waals surface area contributed by atoms with Crippen LogP contribution in [0.4, 0.5) is 0 Å². The fraction of sp³-hybridized carbons (Fsp3) is 0. The lowest BCUT2D eigenvalue weighted by Gasteiger charge is -1.83. The second kappa shape index (κ2) is 2.69. The molecule has 1 aromatic rings. The van der Waals surface area contributed by atoms with E-state index >= 15 is 0 Å². The van der Waals surface area contributed by atoms with Crippen molar-refractivity contribution in [3.05, 3.63) is 11.1 Å². The summed E-state index contributed by atoms with van der Waals surface area (Å²) in [5.41, 5.74) is 5.32. The molecule has 1 heterocycles. The normalized spacial score (nSPS) is 9.44. The Balaban J connectivity index is 2.98. The molecule has 0 aliphatic rings. The molecule has 2 nitrogen and oxygen atoms in total. The van der Waals surface area contributed by atoms with Crippen molar-refractivity contribution in [2.45, 2.75) is 0 Å². The molecule has 48 valence electrons. The topological polar surface area (TPSA) is 38.9 Å². The first-order valence-electron chi connectivity index (χ1n) is 2.21. The Labute approximate surface area is 64.7 Å². The molecule has 1 aromatic heterocycles. The second-order valence-electron chi connectivity index (χ2n) is 1.43. The third-order valence-electron chi connectivity index (χ3n) is 0.766. The number of nitrogens with two attached hydrogens (primary N) is 1.